The summed E-state index contributed by atoms with van der Waals surface area (Å²) in [5.74, 6) is -0.186. The maximum atomic E-state index is 12.4. The maximum absolute atomic E-state index is 12.4. The van der Waals surface area contributed by atoms with Crippen molar-refractivity contribution in [3.05, 3.63) is 47.0 Å². The molecule has 128 valence electrons. The van der Waals surface area contributed by atoms with E-state index in [1.54, 1.807) is 29.6 Å². The lowest BCUT2D eigenvalue weighted by Gasteiger charge is -2.37. The van der Waals surface area contributed by atoms with Crippen LogP contribution in [0.4, 0.5) is 5.13 Å². The van der Waals surface area contributed by atoms with Gasteiger partial charge in [-0.25, -0.2) is 4.98 Å². The minimum atomic E-state index is -3.45. The summed E-state index contributed by atoms with van der Waals surface area (Å²) in [6.07, 6.45) is 0.678. The van der Waals surface area contributed by atoms with Crippen molar-refractivity contribution in [1.29, 1.82) is 0 Å². The number of benzene rings is 1. The molecule has 1 aromatic carbocycles. The third kappa shape index (κ3) is 3.81. The molecule has 0 spiro atoms. The van der Waals surface area contributed by atoms with Gasteiger partial charge in [-0.05, 0) is 0 Å². The predicted molar refractivity (Wildman–Crippen MR) is 91.7 cm³/mol. The van der Waals surface area contributed by atoms with E-state index in [2.05, 4.69) is 4.98 Å². The largest absolute Gasteiger partial charge is 0.343 e. The van der Waals surface area contributed by atoms with Gasteiger partial charge in [0.1, 0.15) is 12.1 Å². The molecule has 3 rings (SSSR count). The van der Waals surface area contributed by atoms with Crippen LogP contribution in [0.2, 0.25) is 0 Å². The quantitative estimate of drug-likeness (QED) is 0.604. The van der Waals surface area contributed by atoms with E-state index in [0.29, 0.717) is 29.5 Å². The van der Waals surface area contributed by atoms with E-state index in [1.807, 2.05) is 11.0 Å². The van der Waals surface area contributed by atoms with Gasteiger partial charge < -0.3 is 10.6 Å². The van der Waals surface area contributed by atoms with Crippen LogP contribution in [0, 0.1) is 0 Å². The van der Waals surface area contributed by atoms with E-state index in [4.69, 9.17) is 9.92 Å². The van der Waals surface area contributed by atoms with Crippen LogP contribution in [0.3, 0.4) is 0 Å². The Bertz CT molecular complexity index is 829. The van der Waals surface area contributed by atoms with Gasteiger partial charge >= 0.3 is 0 Å². The zero-order valence-electron chi connectivity index (χ0n) is 13.0. The van der Waals surface area contributed by atoms with Crippen LogP contribution in [0.1, 0.15) is 22.1 Å². The molecular weight excluding hydrogens is 350 g/mol. The number of Topliss-reactive ketones (excluding diaryl/α,β-unsaturated/α-hetero) is 1. The number of hydrogen-bond donors (Lipinski definition) is 1. The Labute approximate surface area is 144 Å². The topological polar surface area (TPSA) is 103 Å². The smallest absolute Gasteiger partial charge is 0.264 e. The number of nitrogens with two attached hydrogens (primary N) is 1. The summed E-state index contributed by atoms with van der Waals surface area (Å²) in [5.41, 5.74) is 7.08. The van der Waals surface area contributed by atoms with E-state index in [1.165, 1.54) is 11.3 Å². The molecule has 24 heavy (non-hydrogen) atoms. The summed E-state index contributed by atoms with van der Waals surface area (Å²) in [5, 5.41) is 2.46. The summed E-state index contributed by atoms with van der Waals surface area (Å²) in [7, 11) is -3.45. The van der Waals surface area contributed by atoms with Crippen molar-refractivity contribution in [3.63, 3.8) is 0 Å². The third-order valence-corrected chi connectivity index (χ3v) is 5.14. The van der Waals surface area contributed by atoms with Crippen molar-refractivity contribution in [2.45, 2.75) is 12.1 Å². The van der Waals surface area contributed by atoms with Crippen LogP contribution in [0.15, 0.2) is 35.7 Å². The standard InChI is InChI=1S/C15H17N3O4S2/c1-24(20,21)22-11-7-18(8-11)15-17-12(9-23-15)13(16)14(19)10-5-3-2-4-6-10/h2-6,9,11,13H,7-8,16H2,1H3. The van der Waals surface area contributed by atoms with Crippen molar-refractivity contribution in [3.8, 4) is 0 Å². The Balaban J connectivity index is 1.63. The first-order chi connectivity index (χ1) is 11.3. The van der Waals surface area contributed by atoms with E-state index >= 15 is 0 Å². The first-order valence-electron chi connectivity index (χ1n) is 7.27. The van der Waals surface area contributed by atoms with Crippen molar-refractivity contribution in [2.75, 3.05) is 24.2 Å². The lowest BCUT2D eigenvalue weighted by molar-refractivity contribution is 0.0960. The van der Waals surface area contributed by atoms with Gasteiger partial charge in [0.15, 0.2) is 10.9 Å². The summed E-state index contributed by atoms with van der Waals surface area (Å²) in [4.78, 5) is 18.7. The second kappa shape index (κ2) is 6.60. The molecule has 1 atom stereocenters. The monoisotopic (exact) mass is 367 g/mol. The van der Waals surface area contributed by atoms with Crippen LogP contribution in [-0.2, 0) is 14.3 Å². The zero-order chi connectivity index (χ0) is 17.3. The highest BCUT2D eigenvalue weighted by Gasteiger charge is 2.33. The average Bonchev–Trinajstić information content (AvgIpc) is 2.98. The number of nitrogens with zero attached hydrogens (tertiary/aromatic N) is 2. The number of ketones is 1. The van der Waals surface area contributed by atoms with Gasteiger partial charge in [0.2, 0.25) is 0 Å². The van der Waals surface area contributed by atoms with E-state index in [0.717, 1.165) is 6.26 Å². The molecule has 7 nitrogen and oxygen atoms in total. The number of hydrogen-bond acceptors (Lipinski definition) is 8. The molecule has 2 N–H and O–H groups in total. The van der Waals surface area contributed by atoms with Gasteiger partial charge in [0.05, 0.1) is 11.9 Å². The number of anilines is 1. The van der Waals surface area contributed by atoms with Crippen LogP contribution >= 0.6 is 11.3 Å². The maximum Gasteiger partial charge on any atom is 0.264 e. The second-order valence-electron chi connectivity index (χ2n) is 5.59. The van der Waals surface area contributed by atoms with E-state index in [-0.39, 0.29) is 11.9 Å². The molecule has 0 bridgehead atoms. The van der Waals surface area contributed by atoms with Gasteiger partial charge in [0.25, 0.3) is 10.1 Å². The summed E-state index contributed by atoms with van der Waals surface area (Å²) >= 11 is 1.37. The van der Waals surface area contributed by atoms with Crippen molar-refractivity contribution >= 4 is 32.4 Å². The van der Waals surface area contributed by atoms with Gasteiger partial charge in [-0.3, -0.25) is 8.98 Å². The molecule has 0 radical (unpaired) electrons. The molecule has 2 aromatic rings. The molecule has 0 saturated carbocycles. The molecule has 0 aliphatic carbocycles. The highest BCUT2D eigenvalue weighted by Crippen LogP contribution is 2.29. The molecule has 2 heterocycles. The lowest BCUT2D eigenvalue weighted by Crippen LogP contribution is -2.53. The molecule has 9 heteroatoms. The fourth-order valence-electron chi connectivity index (χ4n) is 2.38. The fourth-order valence-corrected chi connectivity index (χ4v) is 3.88. The van der Waals surface area contributed by atoms with Gasteiger partial charge in [-0.15, -0.1) is 11.3 Å². The Morgan fingerprint density at radius 3 is 2.67 bits per heavy atom. The fraction of sp³-hybridized carbons (Fsp3) is 0.333. The van der Waals surface area contributed by atoms with Crippen molar-refractivity contribution < 1.29 is 17.4 Å². The Hall–Kier alpha value is -1.81. The Morgan fingerprint density at radius 1 is 1.38 bits per heavy atom. The van der Waals surface area contributed by atoms with Crippen molar-refractivity contribution in [2.24, 2.45) is 5.73 Å². The Morgan fingerprint density at radius 2 is 2.04 bits per heavy atom. The predicted octanol–water partition coefficient (Wildman–Crippen LogP) is 1.19. The van der Waals surface area contributed by atoms with E-state index in [9.17, 15) is 13.2 Å². The molecule has 0 amide bonds. The number of carbonyl (C=O) groups excluding carboxylic acids is 1. The molecule has 1 aliphatic heterocycles. The molecule has 1 unspecified atom stereocenters. The second-order valence-corrected chi connectivity index (χ2v) is 8.03. The van der Waals surface area contributed by atoms with Gasteiger partial charge in [-0.1, -0.05) is 30.3 Å². The molecule has 1 aromatic heterocycles. The van der Waals surface area contributed by atoms with Crippen LogP contribution in [0.25, 0.3) is 0 Å². The van der Waals surface area contributed by atoms with Crippen LogP contribution in [-0.4, -0.2) is 44.6 Å². The minimum absolute atomic E-state index is 0.186. The van der Waals surface area contributed by atoms with Gasteiger partial charge in [-0.2, -0.15) is 8.42 Å². The zero-order valence-corrected chi connectivity index (χ0v) is 14.6. The summed E-state index contributed by atoms with van der Waals surface area (Å²) in [6, 6.07) is 8.03. The SMILES string of the molecule is CS(=O)(=O)OC1CN(c2nc(C(N)C(=O)c3ccccc3)cs2)C1. The molecule has 1 saturated heterocycles. The minimum Gasteiger partial charge on any atom is -0.343 e. The number of carbonyl (C=O) groups is 1. The van der Waals surface area contributed by atoms with E-state index < -0.39 is 16.2 Å². The van der Waals surface area contributed by atoms with Crippen molar-refractivity contribution in [1.82, 2.24) is 4.98 Å². The molecule has 1 fully saturated rings. The summed E-state index contributed by atoms with van der Waals surface area (Å²) in [6.45, 7) is 0.893. The molecule has 1 aliphatic rings. The number of rotatable bonds is 6. The highest BCUT2D eigenvalue weighted by molar-refractivity contribution is 7.86. The van der Waals surface area contributed by atoms with Gasteiger partial charge in [0, 0.05) is 24.0 Å². The first-order valence-corrected chi connectivity index (χ1v) is 9.96. The normalized spacial score (nSPS) is 16.7. The number of thiazole rings is 1. The molecular formula is C15H17N3O4S2. The van der Waals surface area contributed by atoms with Crippen LogP contribution in [0.5, 0.6) is 0 Å². The Kier molecular flexibility index (Phi) is 4.68. The average molecular weight is 367 g/mol. The highest BCUT2D eigenvalue weighted by atomic mass is 32.2. The van der Waals surface area contributed by atoms with Crippen LogP contribution < -0.4 is 10.6 Å². The number of aromatic nitrogens is 1. The summed E-state index contributed by atoms with van der Waals surface area (Å²) < 4.78 is 27.1. The lowest BCUT2D eigenvalue weighted by atomic mass is 10.0. The first kappa shape index (κ1) is 17.0. The third-order valence-electron chi connectivity index (χ3n) is 3.60.